The van der Waals surface area contributed by atoms with Gasteiger partial charge in [-0.25, -0.2) is 4.79 Å². The van der Waals surface area contributed by atoms with E-state index in [0.717, 1.165) is 11.8 Å². The van der Waals surface area contributed by atoms with Crippen LogP contribution in [0.3, 0.4) is 0 Å². The van der Waals surface area contributed by atoms with E-state index < -0.39 is 18.1 Å². The molecule has 18 heavy (non-hydrogen) atoms. The van der Waals surface area contributed by atoms with Gasteiger partial charge in [-0.15, -0.1) is 0 Å². The molecule has 0 spiro atoms. The van der Waals surface area contributed by atoms with Crippen molar-refractivity contribution in [3.63, 3.8) is 0 Å². The maximum absolute atomic E-state index is 11.9. The van der Waals surface area contributed by atoms with Crippen LogP contribution >= 0.6 is 11.8 Å². The molecule has 6 nitrogen and oxygen atoms in total. The maximum Gasteiger partial charge on any atom is 0.329 e. The molecule has 0 saturated carbocycles. The molecule has 1 saturated heterocycles. The molecule has 0 aromatic carbocycles. The van der Waals surface area contributed by atoms with Crippen molar-refractivity contribution < 1.29 is 24.2 Å². The van der Waals surface area contributed by atoms with Gasteiger partial charge in [0.05, 0.1) is 6.10 Å². The van der Waals surface area contributed by atoms with E-state index in [1.807, 2.05) is 0 Å². The van der Waals surface area contributed by atoms with Crippen molar-refractivity contribution in [2.75, 3.05) is 19.4 Å². The van der Waals surface area contributed by atoms with Gasteiger partial charge in [-0.2, -0.15) is 0 Å². The highest BCUT2D eigenvalue weighted by Crippen LogP contribution is 2.22. The summed E-state index contributed by atoms with van der Waals surface area (Å²) in [6, 6.07) is -0.912. The van der Waals surface area contributed by atoms with Crippen molar-refractivity contribution >= 4 is 28.8 Å². The number of carbonyl (C=O) groups is 3. The summed E-state index contributed by atoms with van der Waals surface area (Å²) < 4.78 is 5.07. The summed E-state index contributed by atoms with van der Waals surface area (Å²) in [5.74, 6) is -0.906. The fraction of sp³-hybridized carbons (Fsp3) is 0.727. The Morgan fingerprint density at radius 2 is 2.11 bits per heavy atom. The van der Waals surface area contributed by atoms with E-state index in [2.05, 4.69) is 0 Å². The van der Waals surface area contributed by atoms with Crippen molar-refractivity contribution in [2.24, 2.45) is 0 Å². The Morgan fingerprint density at radius 1 is 1.44 bits per heavy atom. The zero-order valence-electron chi connectivity index (χ0n) is 10.4. The van der Waals surface area contributed by atoms with Crippen molar-refractivity contribution in [3.05, 3.63) is 0 Å². The van der Waals surface area contributed by atoms with E-state index in [1.165, 1.54) is 18.9 Å². The van der Waals surface area contributed by atoms with Gasteiger partial charge in [-0.3, -0.25) is 9.59 Å². The zero-order valence-corrected chi connectivity index (χ0v) is 11.2. The molecule has 2 unspecified atom stereocenters. The predicted molar refractivity (Wildman–Crippen MR) is 66.3 cm³/mol. The average molecular weight is 275 g/mol. The molecule has 2 atom stereocenters. The Labute approximate surface area is 110 Å². The van der Waals surface area contributed by atoms with Gasteiger partial charge in [0.1, 0.15) is 0 Å². The number of methoxy groups -OCH3 is 1. The molecule has 1 aliphatic heterocycles. The largest absolute Gasteiger partial charge is 0.480 e. The smallest absolute Gasteiger partial charge is 0.329 e. The second kappa shape index (κ2) is 6.75. The van der Waals surface area contributed by atoms with Crippen LogP contribution in [0.2, 0.25) is 0 Å². The van der Waals surface area contributed by atoms with E-state index in [0.29, 0.717) is 18.7 Å². The SMILES string of the molecule is COC1CCN(C(=O)CCSC(C)=O)C1C(=O)O. The molecule has 1 heterocycles. The minimum atomic E-state index is -1.05. The summed E-state index contributed by atoms with van der Waals surface area (Å²) >= 11 is 1.07. The lowest BCUT2D eigenvalue weighted by atomic mass is 10.1. The fourth-order valence-electron chi connectivity index (χ4n) is 2.01. The Hall–Kier alpha value is -1.08. The number of amides is 1. The summed E-state index contributed by atoms with van der Waals surface area (Å²) in [6.45, 7) is 1.82. The number of nitrogens with zero attached hydrogens (tertiary/aromatic N) is 1. The lowest BCUT2D eigenvalue weighted by molar-refractivity contribution is -0.151. The third kappa shape index (κ3) is 3.71. The molecule has 0 bridgehead atoms. The summed E-state index contributed by atoms with van der Waals surface area (Å²) in [4.78, 5) is 35.1. The molecular formula is C11H17NO5S. The molecule has 0 aromatic heterocycles. The fourth-order valence-corrected chi connectivity index (χ4v) is 2.57. The highest BCUT2D eigenvalue weighted by molar-refractivity contribution is 8.13. The summed E-state index contributed by atoms with van der Waals surface area (Å²) in [6.07, 6.45) is 0.246. The van der Waals surface area contributed by atoms with Gasteiger partial charge in [0, 0.05) is 32.8 Å². The van der Waals surface area contributed by atoms with E-state index in [9.17, 15) is 14.4 Å². The lowest BCUT2D eigenvalue weighted by Crippen LogP contribution is -2.45. The Balaban J connectivity index is 2.56. The second-order valence-corrected chi connectivity index (χ2v) is 5.29. The number of rotatable bonds is 5. The number of thioether (sulfide) groups is 1. The molecule has 1 rings (SSSR count). The average Bonchev–Trinajstić information content (AvgIpc) is 2.71. The number of hydrogen-bond donors (Lipinski definition) is 1. The van der Waals surface area contributed by atoms with E-state index >= 15 is 0 Å². The van der Waals surface area contributed by atoms with Crippen LogP contribution in [0.4, 0.5) is 0 Å². The number of likely N-dealkylation sites (tertiary alicyclic amines) is 1. The van der Waals surface area contributed by atoms with E-state index in [4.69, 9.17) is 9.84 Å². The molecule has 1 N–H and O–H groups in total. The first-order valence-electron chi connectivity index (χ1n) is 5.65. The van der Waals surface area contributed by atoms with Gasteiger partial charge in [-0.05, 0) is 6.42 Å². The number of carboxylic acids is 1. The number of aliphatic carboxylic acids is 1. The summed E-state index contributed by atoms with van der Waals surface area (Å²) in [7, 11) is 1.44. The van der Waals surface area contributed by atoms with Crippen LogP contribution in [0.1, 0.15) is 19.8 Å². The third-order valence-corrected chi connectivity index (χ3v) is 3.65. The minimum Gasteiger partial charge on any atom is -0.480 e. The van der Waals surface area contributed by atoms with Gasteiger partial charge >= 0.3 is 5.97 Å². The highest BCUT2D eigenvalue weighted by atomic mass is 32.2. The standard InChI is InChI=1S/C11H17NO5S/c1-7(13)18-6-4-9(14)12-5-3-8(17-2)10(12)11(15)16/h8,10H,3-6H2,1-2H3,(H,15,16). The Kier molecular flexibility index (Phi) is 5.61. The molecule has 0 radical (unpaired) electrons. The lowest BCUT2D eigenvalue weighted by Gasteiger charge is -2.23. The molecule has 102 valence electrons. The molecule has 1 fully saturated rings. The molecule has 0 aliphatic carbocycles. The highest BCUT2D eigenvalue weighted by Gasteiger charge is 2.41. The van der Waals surface area contributed by atoms with Crippen LogP contribution in [0.25, 0.3) is 0 Å². The van der Waals surface area contributed by atoms with E-state index in [-0.39, 0.29) is 17.4 Å². The van der Waals surface area contributed by atoms with Crippen LogP contribution in [-0.2, 0) is 19.1 Å². The van der Waals surface area contributed by atoms with E-state index in [1.54, 1.807) is 0 Å². The number of carboxylic acid groups (broad SMARTS) is 1. The second-order valence-electron chi connectivity index (χ2n) is 4.02. The molecule has 7 heteroatoms. The first kappa shape index (κ1) is 15.0. The Morgan fingerprint density at radius 3 is 2.61 bits per heavy atom. The van der Waals surface area contributed by atoms with Gasteiger partial charge in [0.2, 0.25) is 5.91 Å². The topological polar surface area (TPSA) is 83.9 Å². The van der Waals surface area contributed by atoms with Gasteiger partial charge < -0.3 is 14.7 Å². The minimum absolute atomic E-state index is 0.0474. The molecular weight excluding hydrogens is 258 g/mol. The monoisotopic (exact) mass is 275 g/mol. The Bertz CT molecular complexity index is 346. The molecule has 1 aliphatic rings. The first-order chi connectivity index (χ1) is 8.47. The maximum atomic E-state index is 11.9. The van der Waals surface area contributed by atoms with Gasteiger partial charge in [0.15, 0.2) is 11.2 Å². The van der Waals surface area contributed by atoms with Crippen LogP contribution < -0.4 is 0 Å². The predicted octanol–water partition coefficient (Wildman–Crippen LogP) is 0.357. The van der Waals surface area contributed by atoms with Crippen molar-refractivity contribution in [1.82, 2.24) is 4.90 Å². The van der Waals surface area contributed by atoms with Gasteiger partial charge in [-0.1, -0.05) is 11.8 Å². The third-order valence-electron chi connectivity index (χ3n) is 2.84. The number of hydrogen-bond acceptors (Lipinski definition) is 5. The summed E-state index contributed by atoms with van der Waals surface area (Å²) in [5, 5.41) is 9.07. The summed E-state index contributed by atoms with van der Waals surface area (Å²) in [5.41, 5.74) is 0. The van der Waals surface area contributed by atoms with Crippen molar-refractivity contribution in [3.8, 4) is 0 Å². The van der Waals surface area contributed by atoms with Crippen LogP contribution in [0.5, 0.6) is 0 Å². The first-order valence-corrected chi connectivity index (χ1v) is 6.64. The number of ether oxygens (including phenoxy) is 1. The van der Waals surface area contributed by atoms with Crippen LogP contribution in [0.15, 0.2) is 0 Å². The van der Waals surface area contributed by atoms with Crippen molar-refractivity contribution in [1.29, 1.82) is 0 Å². The molecule has 1 amide bonds. The van der Waals surface area contributed by atoms with Gasteiger partial charge in [0.25, 0.3) is 0 Å². The quantitative estimate of drug-likeness (QED) is 0.779. The normalized spacial score (nSPS) is 23.1. The number of carbonyl (C=O) groups excluding carboxylic acids is 2. The van der Waals surface area contributed by atoms with Crippen LogP contribution in [-0.4, -0.2) is 58.6 Å². The van der Waals surface area contributed by atoms with Crippen molar-refractivity contribution in [2.45, 2.75) is 31.9 Å². The van der Waals surface area contributed by atoms with Crippen LogP contribution in [0, 0.1) is 0 Å². The molecule has 0 aromatic rings. The zero-order chi connectivity index (χ0) is 13.7.